The first-order chi connectivity index (χ1) is 9.58. The van der Waals surface area contributed by atoms with Crippen molar-refractivity contribution in [2.45, 2.75) is 38.8 Å². The third-order valence-electron chi connectivity index (χ3n) is 2.90. The van der Waals surface area contributed by atoms with Crippen LogP contribution in [0.25, 0.3) is 0 Å². The van der Waals surface area contributed by atoms with Crippen LogP contribution in [0.15, 0.2) is 24.3 Å². The molecule has 1 aromatic carbocycles. The third-order valence-corrected chi connectivity index (χ3v) is 2.90. The number of benzene rings is 1. The minimum atomic E-state index is -0.446. The van der Waals surface area contributed by atoms with Gasteiger partial charge in [-0.15, -0.1) is 0 Å². The second kappa shape index (κ2) is 8.43. The molecule has 1 aromatic rings. The summed E-state index contributed by atoms with van der Waals surface area (Å²) in [6, 6.07) is 6.97. The van der Waals surface area contributed by atoms with Gasteiger partial charge in [0.05, 0.1) is 19.7 Å². The molecule has 1 rings (SSSR count). The highest BCUT2D eigenvalue weighted by Crippen LogP contribution is 2.26. The molecule has 5 nitrogen and oxygen atoms in total. The number of nitrogens with two attached hydrogens (primary N) is 1. The van der Waals surface area contributed by atoms with Crippen LogP contribution in [0.4, 0.5) is 0 Å². The molecule has 0 aliphatic rings. The second-order valence-electron chi connectivity index (χ2n) is 4.72. The summed E-state index contributed by atoms with van der Waals surface area (Å²) in [4.78, 5) is 11.7. The zero-order chi connectivity index (χ0) is 15.0. The van der Waals surface area contributed by atoms with Crippen molar-refractivity contribution in [3.05, 3.63) is 24.3 Å². The number of carbonyl (C=O) groups is 1. The van der Waals surface area contributed by atoms with E-state index in [1.165, 1.54) is 0 Å². The molecule has 2 unspecified atom stereocenters. The molecule has 0 aliphatic carbocycles. The summed E-state index contributed by atoms with van der Waals surface area (Å²) in [6.07, 6.45) is 1.42. The van der Waals surface area contributed by atoms with Crippen LogP contribution in [-0.4, -0.2) is 31.7 Å². The lowest BCUT2D eigenvalue weighted by Gasteiger charge is -2.18. The van der Waals surface area contributed by atoms with Crippen molar-refractivity contribution >= 4 is 5.91 Å². The number of ether oxygens (including phenoxy) is 2. The van der Waals surface area contributed by atoms with Crippen LogP contribution < -0.4 is 20.5 Å². The molecule has 0 radical (unpaired) electrons. The Bertz CT molecular complexity index is 423. The quantitative estimate of drug-likeness (QED) is 0.760. The molecule has 0 bridgehead atoms. The van der Waals surface area contributed by atoms with Gasteiger partial charge in [0, 0.05) is 0 Å². The SMILES string of the molecule is CCCC(N)C(=O)NCC(C)Oc1ccccc1OC. The van der Waals surface area contributed by atoms with Gasteiger partial charge in [0.1, 0.15) is 6.10 Å². The average molecular weight is 280 g/mol. The summed E-state index contributed by atoms with van der Waals surface area (Å²) in [6.45, 7) is 4.30. The van der Waals surface area contributed by atoms with Gasteiger partial charge in [0.15, 0.2) is 11.5 Å². The van der Waals surface area contributed by atoms with Gasteiger partial charge >= 0.3 is 0 Å². The maximum absolute atomic E-state index is 11.7. The molecule has 0 saturated carbocycles. The van der Waals surface area contributed by atoms with Crippen molar-refractivity contribution in [2.75, 3.05) is 13.7 Å². The largest absolute Gasteiger partial charge is 0.493 e. The maximum Gasteiger partial charge on any atom is 0.237 e. The number of hydrogen-bond acceptors (Lipinski definition) is 4. The van der Waals surface area contributed by atoms with Crippen molar-refractivity contribution in [3.8, 4) is 11.5 Å². The number of para-hydroxylation sites is 2. The van der Waals surface area contributed by atoms with Gasteiger partial charge < -0.3 is 20.5 Å². The first-order valence-corrected chi connectivity index (χ1v) is 6.91. The first-order valence-electron chi connectivity index (χ1n) is 6.91. The van der Waals surface area contributed by atoms with E-state index in [2.05, 4.69) is 5.32 Å². The third kappa shape index (κ3) is 5.09. The Balaban J connectivity index is 2.44. The normalized spacial score (nSPS) is 13.4. The Morgan fingerprint density at radius 1 is 1.35 bits per heavy atom. The molecule has 112 valence electrons. The minimum absolute atomic E-state index is 0.137. The molecule has 1 amide bonds. The van der Waals surface area contributed by atoms with E-state index in [1.807, 2.05) is 38.1 Å². The van der Waals surface area contributed by atoms with Crippen LogP contribution in [0.2, 0.25) is 0 Å². The van der Waals surface area contributed by atoms with Crippen molar-refractivity contribution in [2.24, 2.45) is 5.73 Å². The fourth-order valence-electron chi connectivity index (χ4n) is 1.79. The molecule has 0 heterocycles. The second-order valence-corrected chi connectivity index (χ2v) is 4.72. The van der Waals surface area contributed by atoms with Crippen molar-refractivity contribution in [3.63, 3.8) is 0 Å². The molecular weight excluding hydrogens is 256 g/mol. The van der Waals surface area contributed by atoms with Crippen molar-refractivity contribution in [1.82, 2.24) is 5.32 Å². The van der Waals surface area contributed by atoms with Crippen LogP contribution in [0, 0.1) is 0 Å². The molecule has 0 fully saturated rings. The van der Waals surface area contributed by atoms with Crippen LogP contribution >= 0.6 is 0 Å². The number of methoxy groups -OCH3 is 1. The monoisotopic (exact) mass is 280 g/mol. The van der Waals surface area contributed by atoms with Gasteiger partial charge in [-0.1, -0.05) is 25.5 Å². The van der Waals surface area contributed by atoms with Gasteiger partial charge in [-0.3, -0.25) is 4.79 Å². The fourth-order valence-corrected chi connectivity index (χ4v) is 1.79. The van der Waals surface area contributed by atoms with Crippen molar-refractivity contribution < 1.29 is 14.3 Å². The lowest BCUT2D eigenvalue weighted by Crippen LogP contribution is -2.43. The van der Waals surface area contributed by atoms with Gasteiger partial charge in [0.2, 0.25) is 5.91 Å². The number of hydrogen-bond donors (Lipinski definition) is 2. The Labute approximate surface area is 120 Å². The number of nitrogens with one attached hydrogen (secondary N) is 1. The van der Waals surface area contributed by atoms with E-state index >= 15 is 0 Å². The molecule has 0 spiro atoms. The molecule has 20 heavy (non-hydrogen) atoms. The summed E-state index contributed by atoms with van der Waals surface area (Å²) in [5.74, 6) is 1.20. The molecule has 0 saturated heterocycles. The summed E-state index contributed by atoms with van der Waals surface area (Å²) < 4.78 is 11.0. The summed E-state index contributed by atoms with van der Waals surface area (Å²) >= 11 is 0. The van der Waals surface area contributed by atoms with E-state index in [0.717, 1.165) is 6.42 Å². The zero-order valence-electron chi connectivity index (χ0n) is 12.4. The van der Waals surface area contributed by atoms with Gasteiger partial charge in [-0.2, -0.15) is 0 Å². The standard InChI is InChI=1S/C15H24N2O3/c1-4-7-12(16)15(18)17-10-11(2)20-14-9-6-5-8-13(14)19-3/h5-6,8-9,11-12H,4,7,10,16H2,1-3H3,(H,17,18). The van der Waals surface area contributed by atoms with Crippen molar-refractivity contribution in [1.29, 1.82) is 0 Å². The highest BCUT2D eigenvalue weighted by Gasteiger charge is 2.14. The highest BCUT2D eigenvalue weighted by molar-refractivity contribution is 5.81. The van der Waals surface area contributed by atoms with E-state index in [0.29, 0.717) is 24.5 Å². The van der Waals surface area contributed by atoms with Gasteiger partial charge in [-0.25, -0.2) is 0 Å². The Morgan fingerprint density at radius 2 is 2.00 bits per heavy atom. The number of carbonyl (C=O) groups excluding carboxylic acids is 1. The molecule has 3 N–H and O–H groups in total. The molecule has 2 atom stereocenters. The van der Waals surface area contributed by atoms with Gasteiger partial charge in [-0.05, 0) is 25.5 Å². The van der Waals surface area contributed by atoms with E-state index < -0.39 is 6.04 Å². The minimum Gasteiger partial charge on any atom is -0.493 e. The number of rotatable bonds is 8. The van der Waals surface area contributed by atoms with E-state index in [9.17, 15) is 4.79 Å². The Kier molecular flexibility index (Phi) is 6.87. The summed E-state index contributed by atoms with van der Waals surface area (Å²) in [7, 11) is 1.60. The van der Waals surface area contributed by atoms with E-state index in [1.54, 1.807) is 7.11 Å². The van der Waals surface area contributed by atoms with Gasteiger partial charge in [0.25, 0.3) is 0 Å². The Morgan fingerprint density at radius 3 is 2.60 bits per heavy atom. The molecule has 0 aliphatic heterocycles. The topological polar surface area (TPSA) is 73.6 Å². The van der Waals surface area contributed by atoms with E-state index in [4.69, 9.17) is 15.2 Å². The average Bonchev–Trinajstić information content (AvgIpc) is 2.45. The predicted octanol–water partition coefficient (Wildman–Crippen LogP) is 1.71. The predicted molar refractivity (Wildman–Crippen MR) is 79.0 cm³/mol. The Hall–Kier alpha value is -1.75. The lowest BCUT2D eigenvalue weighted by atomic mass is 10.1. The van der Waals surface area contributed by atoms with E-state index in [-0.39, 0.29) is 12.0 Å². The first kappa shape index (κ1) is 16.3. The molecule has 0 aromatic heterocycles. The molecular formula is C15H24N2O3. The fraction of sp³-hybridized carbons (Fsp3) is 0.533. The lowest BCUT2D eigenvalue weighted by molar-refractivity contribution is -0.122. The zero-order valence-corrected chi connectivity index (χ0v) is 12.4. The molecule has 5 heteroatoms. The van der Waals surface area contributed by atoms with Crippen LogP contribution in [0.5, 0.6) is 11.5 Å². The summed E-state index contributed by atoms with van der Waals surface area (Å²) in [5, 5.41) is 2.79. The number of amides is 1. The van der Waals surface area contributed by atoms with Crippen LogP contribution in [-0.2, 0) is 4.79 Å². The smallest absolute Gasteiger partial charge is 0.237 e. The van der Waals surface area contributed by atoms with Crippen LogP contribution in [0.3, 0.4) is 0 Å². The van der Waals surface area contributed by atoms with Crippen LogP contribution in [0.1, 0.15) is 26.7 Å². The maximum atomic E-state index is 11.7. The summed E-state index contributed by atoms with van der Waals surface area (Å²) in [5.41, 5.74) is 5.74. The highest BCUT2D eigenvalue weighted by atomic mass is 16.5.